The fourth-order valence-electron chi connectivity index (χ4n) is 1.76. The van der Waals surface area contributed by atoms with Crippen LogP contribution in [0, 0.1) is 0 Å². The summed E-state index contributed by atoms with van der Waals surface area (Å²) in [6.07, 6.45) is -3.90. The van der Waals surface area contributed by atoms with Gasteiger partial charge in [0.25, 0.3) is 11.7 Å². The Morgan fingerprint density at radius 2 is 1.91 bits per heavy atom. The van der Waals surface area contributed by atoms with E-state index in [4.69, 9.17) is 5.73 Å². The highest BCUT2D eigenvalue weighted by atomic mass is 35.5. The number of aromatic nitrogens is 3. The summed E-state index contributed by atoms with van der Waals surface area (Å²) in [5.41, 5.74) is 6.83. The number of alkyl halides is 3. The standard InChI is InChI=1S/C13H14F3N5O.ClH/c14-13(15,16)12-19-10(20-21-12)7-18-11(22)9-3-1-8(2-4-9)5-6-17;/h1-4H,5-7,17H2,(H,18,22)(H,19,20,21);1H. The maximum atomic E-state index is 12.3. The van der Waals surface area contributed by atoms with Crippen LogP contribution in [0.1, 0.15) is 27.6 Å². The number of nitrogens with two attached hydrogens (primary N) is 1. The van der Waals surface area contributed by atoms with Crippen LogP contribution in [0.3, 0.4) is 0 Å². The second kappa shape index (κ2) is 7.93. The monoisotopic (exact) mass is 349 g/mol. The Morgan fingerprint density at radius 3 is 2.43 bits per heavy atom. The van der Waals surface area contributed by atoms with Crippen molar-refractivity contribution in [3.8, 4) is 0 Å². The zero-order valence-corrected chi connectivity index (χ0v) is 12.7. The molecule has 0 bridgehead atoms. The van der Waals surface area contributed by atoms with Gasteiger partial charge in [-0.1, -0.05) is 12.1 Å². The van der Waals surface area contributed by atoms with Crippen molar-refractivity contribution >= 4 is 18.3 Å². The number of nitrogens with one attached hydrogen (secondary N) is 2. The second-order valence-corrected chi connectivity index (χ2v) is 4.52. The van der Waals surface area contributed by atoms with Gasteiger partial charge in [-0.2, -0.15) is 13.2 Å². The zero-order valence-electron chi connectivity index (χ0n) is 11.9. The third kappa shape index (κ3) is 5.22. The van der Waals surface area contributed by atoms with Gasteiger partial charge in [0.05, 0.1) is 6.54 Å². The van der Waals surface area contributed by atoms with Crippen molar-refractivity contribution in [2.45, 2.75) is 19.1 Å². The number of hydrogen-bond acceptors (Lipinski definition) is 4. The molecular formula is C13H15ClF3N5O. The Balaban J connectivity index is 0.00000264. The average Bonchev–Trinajstić information content (AvgIpc) is 2.95. The summed E-state index contributed by atoms with van der Waals surface area (Å²) in [6.45, 7) is 0.338. The molecule has 2 aromatic rings. The Labute approximate surface area is 136 Å². The van der Waals surface area contributed by atoms with Gasteiger partial charge in [-0.15, -0.1) is 17.5 Å². The summed E-state index contributed by atoms with van der Waals surface area (Å²) in [5.74, 6) is -1.74. The van der Waals surface area contributed by atoms with Crippen molar-refractivity contribution in [2.75, 3.05) is 6.54 Å². The summed E-state index contributed by atoms with van der Waals surface area (Å²) >= 11 is 0. The van der Waals surface area contributed by atoms with Crippen LogP contribution < -0.4 is 11.1 Å². The van der Waals surface area contributed by atoms with Crippen molar-refractivity contribution in [3.63, 3.8) is 0 Å². The predicted molar refractivity (Wildman–Crippen MR) is 79.0 cm³/mol. The molecule has 0 spiro atoms. The number of halogens is 4. The smallest absolute Gasteiger partial charge is 0.345 e. The highest BCUT2D eigenvalue weighted by molar-refractivity contribution is 5.94. The average molecular weight is 350 g/mol. The zero-order chi connectivity index (χ0) is 16.2. The van der Waals surface area contributed by atoms with E-state index in [1.165, 1.54) is 0 Å². The largest absolute Gasteiger partial charge is 0.453 e. The van der Waals surface area contributed by atoms with Crippen LogP contribution >= 0.6 is 12.4 Å². The van der Waals surface area contributed by atoms with Crippen molar-refractivity contribution in [2.24, 2.45) is 5.73 Å². The molecule has 0 aliphatic carbocycles. The van der Waals surface area contributed by atoms with E-state index in [1.807, 2.05) is 0 Å². The molecular weight excluding hydrogens is 335 g/mol. The highest BCUT2D eigenvalue weighted by Crippen LogP contribution is 2.25. The van der Waals surface area contributed by atoms with Crippen LogP contribution in [-0.4, -0.2) is 27.6 Å². The SMILES string of the molecule is Cl.NCCc1ccc(C(=O)NCc2nc(C(F)(F)F)n[nH]2)cc1. The van der Waals surface area contributed by atoms with Gasteiger partial charge >= 0.3 is 6.18 Å². The van der Waals surface area contributed by atoms with E-state index in [2.05, 4.69) is 20.5 Å². The van der Waals surface area contributed by atoms with Gasteiger partial charge in [0, 0.05) is 5.56 Å². The summed E-state index contributed by atoms with van der Waals surface area (Å²) in [6, 6.07) is 6.81. The van der Waals surface area contributed by atoms with E-state index >= 15 is 0 Å². The first-order valence-corrected chi connectivity index (χ1v) is 6.46. The molecule has 0 atom stereocenters. The van der Waals surface area contributed by atoms with Crippen molar-refractivity contribution in [1.29, 1.82) is 0 Å². The van der Waals surface area contributed by atoms with E-state index in [0.717, 1.165) is 5.56 Å². The molecule has 0 saturated heterocycles. The molecule has 2 rings (SSSR count). The molecule has 1 heterocycles. The highest BCUT2D eigenvalue weighted by Gasteiger charge is 2.35. The lowest BCUT2D eigenvalue weighted by Crippen LogP contribution is -2.23. The molecule has 0 saturated carbocycles. The maximum Gasteiger partial charge on any atom is 0.453 e. The number of amides is 1. The molecule has 0 aliphatic rings. The topological polar surface area (TPSA) is 96.7 Å². The molecule has 1 aromatic heterocycles. The predicted octanol–water partition coefficient (Wildman–Crippen LogP) is 1.68. The molecule has 1 aromatic carbocycles. The second-order valence-electron chi connectivity index (χ2n) is 4.52. The van der Waals surface area contributed by atoms with E-state index < -0.39 is 17.9 Å². The van der Waals surface area contributed by atoms with Crippen LogP contribution in [0.5, 0.6) is 0 Å². The van der Waals surface area contributed by atoms with Crippen LogP contribution in [0.25, 0.3) is 0 Å². The molecule has 10 heteroatoms. The molecule has 1 amide bonds. The van der Waals surface area contributed by atoms with E-state index in [9.17, 15) is 18.0 Å². The Hall–Kier alpha value is -2.13. The van der Waals surface area contributed by atoms with Crippen LogP contribution in [0.2, 0.25) is 0 Å². The van der Waals surface area contributed by atoms with E-state index in [1.54, 1.807) is 24.3 Å². The van der Waals surface area contributed by atoms with Gasteiger partial charge in [-0.05, 0) is 30.7 Å². The number of carbonyl (C=O) groups excluding carboxylic acids is 1. The summed E-state index contributed by atoms with van der Waals surface area (Å²) in [7, 11) is 0. The quantitative estimate of drug-likeness (QED) is 0.765. The van der Waals surface area contributed by atoms with Gasteiger partial charge in [0.1, 0.15) is 5.82 Å². The molecule has 4 N–H and O–H groups in total. The molecule has 0 aliphatic heterocycles. The number of carbonyl (C=O) groups is 1. The van der Waals surface area contributed by atoms with Gasteiger partial charge in [0.15, 0.2) is 0 Å². The minimum atomic E-state index is -4.61. The lowest BCUT2D eigenvalue weighted by Gasteiger charge is -2.04. The Bertz CT molecular complexity index is 642. The third-order valence-corrected chi connectivity index (χ3v) is 2.85. The number of hydrogen-bond donors (Lipinski definition) is 3. The first-order chi connectivity index (χ1) is 10.4. The fourth-order valence-corrected chi connectivity index (χ4v) is 1.76. The summed E-state index contributed by atoms with van der Waals surface area (Å²) in [5, 5.41) is 7.65. The first kappa shape index (κ1) is 18.9. The van der Waals surface area contributed by atoms with Crippen molar-refractivity contribution in [1.82, 2.24) is 20.5 Å². The lowest BCUT2D eigenvalue weighted by atomic mass is 10.1. The number of rotatable bonds is 5. The third-order valence-electron chi connectivity index (χ3n) is 2.85. The van der Waals surface area contributed by atoms with Crippen LogP contribution in [0.15, 0.2) is 24.3 Å². The number of H-pyrrole nitrogens is 1. The number of benzene rings is 1. The minimum absolute atomic E-state index is 0. The fraction of sp³-hybridized carbons (Fsp3) is 0.308. The Kier molecular flexibility index (Phi) is 6.52. The van der Waals surface area contributed by atoms with Gasteiger partial charge in [-0.25, -0.2) is 4.98 Å². The van der Waals surface area contributed by atoms with Gasteiger partial charge < -0.3 is 11.1 Å². The van der Waals surface area contributed by atoms with Crippen molar-refractivity contribution in [3.05, 3.63) is 47.0 Å². The first-order valence-electron chi connectivity index (χ1n) is 6.46. The van der Waals surface area contributed by atoms with Gasteiger partial charge in [-0.3, -0.25) is 9.89 Å². The Morgan fingerprint density at radius 1 is 1.26 bits per heavy atom. The summed E-state index contributed by atoms with van der Waals surface area (Å²) < 4.78 is 37.0. The molecule has 23 heavy (non-hydrogen) atoms. The van der Waals surface area contributed by atoms with Gasteiger partial charge in [0.2, 0.25) is 0 Å². The molecule has 126 valence electrons. The van der Waals surface area contributed by atoms with Crippen LogP contribution in [0.4, 0.5) is 13.2 Å². The molecule has 6 nitrogen and oxygen atoms in total. The molecule has 0 unspecified atom stereocenters. The summed E-state index contributed by atoms with van der Waals surface area (Å²) in [4.78, 5) is 15.1. The molecule has 0 fully saturated rings. The number of aromatic amines is 1. The molecule has 0 radical (unpaired) electrons. The number of nitrogens with zero attached hydrogens (tertiary/aromatic N) is 2. The van der Waals surface area contributed by atoms with Crippen LogP contribution in [-0.2, 0) is 19.1 Å². The minimum Gasteiger partial charge on any atom is -0.345 e. The van der Waals surface area contributed by atoms with E-state index in [-0.39, 0.29) is 24.8 Å². The maximum absolute atomic E-state index is 12.3. The van der Waals surface area contributed by atoms with Crippen molar-refractivity contribution < 1.29 is 18.0 Å². The lowest BCUT2D eigenvalue weighted by molar-refractivity contribution is -0.144. The van der Waals surface area contributed by atoms with E-state index in [0.29, 0.717) is 18.5 Å². The normalized spacial score (nSPS) is 11.0.